The van der Waals surface area contributed by atoms with Crippen molar-refractivity contribution < 1.29 is 14.2 Å². The predicted molar refractivity (Wildman–Crippen MR) is 57.8 cm³/mol. The number of allylic oxidation sites excluding steroid dienone is 1. The van der Waals surface area contributed by atoms with Crippen molar-refractivity contribution in [2.24, 2.45) is 0 Å². The molecule has 0 saturated carbocycles. The molecule has 0 bridgehead atoms. The van der Waals surface area contributed by atoms with Crippen molar-refractivity contribution >= 4 is 5.76 Å². The Labute approximate surface area is 89.3 Å². The first-order valence-corrected chi connectivity index (χ1v) is 4.99. The first kappa shape index (κ1) is 9.90. The lowest BCUT2D eigenvalue weighted by atomic mass is 10.1. The van der Waals surface area contributed by atoms with Crippen molar-refractivity contribution in [3.63, 3.8) is 0 Å². The van der Waals surface area contributed by atoms with Gasteiger partial charge in [0.15, 0.2) is 11.5 Å². The third kappa shape index (κ3) is 1.91. The van der Waals surface area contributed by atoms with E-state index in [-0.39, 0.29) is 0 Å². The molecule has 3 heteroatoms. The highest BCUT2D eigenvalue weighted by Gasteiger charge is 2.14. The molecule has 0 fully saturated rings. The Morgan fingerprint density at radius 3 is 2.93 bits per heavy atom. The Balaban J connectivity index is 2.33. The van der Waals surface area contributed by atoms with Gasteiger partial charge in [0, 0.05) is 5.56 Å². The summed E-state index contributed by atoms with van der Waals surface area (Å²) in [6.07, 6.45) is 2.98. The second kappa shape index (κ2) is 4.26. The lowest BCUT2D eigenvalue weighted by Gasteiger charge is -2.06. The van der Waals surface area contributed by atoms with Crippen LogP contribution in [0.4, 0.5) is 0 Å². The molecule has 0 atom stereocenters. The van der Waals surface area contributed by atoms with Gasteiger partial charge in [0.1, 0.15) is 5.76 Å². The van der Waals surface area contributed by atoms with E-state index in [0.717, 1.165) is 29.2 Å². The van der Waals surface area contributed by atoms with Gasteiger partial charge in [-0.25, -0.2) is 0 Å². The van der Waals surface area contributed by atoms with Gasteiger partial charge in [-0.1, -0.05) is 6.92 Å². The minimum Gasteiger partial charge on any atom is -0.496 e. The summed E-state index contributed by atoms with van der Waals surface area (Å²) in [5.41, 5.74) is 1.02. The van der Waals surface area contributed by atoms with Gasteiger partial charge in [0.05, 0.1) is 7.11 Å². The molecule has 80 valence electrons. The molecule has 1 aliphatic heterocycles. The predicted octanol–water partition coefficient (Wildman–Crippen LogP) is 2.81. The molecule has 1 aromatic carbocycles. The van der Waals surface area contributed by atoms with E-state index in [1.165, 1.54) is 0 Å². The van der Waals surface area contributed by atoms with Crippen molar-refractivity contribution in [1.29, 1.82) is 0 Å². The topological polar surface area (TPSA) is 27.7 Å². The van der Waals surface area contributed by atoms with Crippen molar-refractivity contribution in [3.8, 4) is 11.5 Å². The first-order chi connectivity index (χ1) is 7.35. The molecule has 1 aliphatic rings. The van der Waals surface area contributed by atoms with Gasteiger partial charge in [0.25, 0.3) is 0 Å². The van der Waals surface area contributed by atoms with Crippen molar-refractivity contribution in [2.45, 2.75) is 13.3 Å². The van der Waals surface area contributed by atoms with Gasteiger partial charge in [-0.05, 0) is 30.7 Å². The van der Waals surface area contributed by atoms with Gasteiger partial charge < -0.3 is 14.2 Å². The molecule has 1 aromatic rings. The Kier molecular flexibility index (Phi) is 2.81. The third-order valence-corrected chi connectivity index (χ3v) is 2.27. The van der Waals surface area contributed by atoms with Crippen LogP contribution in [0.2, 0.25) is 0 Å². The second-order valence-corrected chi connectivity index (χ2v) is 3.25. The molecular weight excluding hydrogens is 192 g/mol. The van der Waals surface area contributed by atoms with E-state index >= 15 is 0 Å². The first-order valence-electron chi connectivity index (χ1n) is 4.99. The van der Waals surface area contributed by atoms with E-state index in [2.05, 4.69) is 6.92 Å². The Hall–Kier alpha value is -1.64. The number of ether oxygens (including phenoxy) is 3. The largest absolute Gasteiger partial charge is 0.496 e. The normalized spacial score (nSPS) is 14.1. The number of hydrogen-bond donors (Lipinski definition) is 0. The standard InChI is InChI=1S/C12H14O3/c1-3-4-10(13-2)9-5-6-11-12(7-9)15-8-14-11/h4-7H,3,8H2,1-2H3/b10-4+. The van der Waals surface area contributed by atoms with Crippen molar-refractivity contribution in [1.82, 2.24) is 0 Å². The van der Waals surface area contributed by atoms with Crippen molar-refractivity contribution in [2.75, 3.05) is 13.9 Å². The third-order valence-electron chi connectivity index (χ3n) is 2.27. The van der Waals surface area contributed by atoms with Crippen LogP contribution in [0.25, 0.3) is 5.76 Å². The lowest BCUT2D eigenvalue weighted by molar-refractivity contribution is 0.174. The van der Waals surface area contributed by atoms with Crippen molar-refractivity contribution in [3.05, 3.63) is 29.8 Å². The number of rotatable bonds is 3. The summed E-state index contributed by atoms with van der Waals surface area (Å²) in [6.45, 7) is 2.38. The second-order valence-electron chi connectivity index (χ2n) is 3.25. The van der Waals surface area contributed by atoms with Gasteiger partial charge in [-0.15, -0.1) is 0 Å². The summed E-state index contributed by atoms with van der Waals surface area (Å²) >= 11 is 0. The zero-order chi connectivity index (χ0) is 10.7. The zero-order valence-electron chi connectivity index (χ0n) is 8.95. The van der Waals surface area contributed by atoms with Crippen LogP contribution in [0.3, 0.4) is 0 Å². The summed E-state index contributed by atoms with van der Waals surface area (Å²) in [7, 11) is 1.67. The molecule has 0 amide bonds. The maximum absolute atomic E-state index is 5.31. The number of fused-ring (bicyclic) bond motifs is 1. The van der Waals surface area contributed by atoms with Crippen LogP contribution in [0.1, 0.15) is 18.9 Å². The Morgan fingerprint density at radius 2 is 2.20 bits per heavy atom. The average Bonchev–Trinajstić information content (AvgIpc) is 2.72. The lowest BCUT2D eigenvalue weighted by Crippen LogP contribution is -1.93. The quantitative estimate of drug-likeness (QED) is 0.712. The van der Waals surface area contributed by atoms with E-state index in [1.807, 2.05) is 24.3 Å². The van der Waals surface area contributed by atoms with E-state index in [1.54, 1.807) is 7.11 Å². The molecule has 0 saturated heterocycles. The summed E-state index contributed by atoms with van der Waals surface area (Å²) in [6, 6.07) is 5.81. The van der Waals surface area contributed by atoms with Crippen LogP contribution in [0.15, 0.2) is 24.3 Å². The fourth-order valence-electron chi connectivity index (χ4n) is 1.55. The Morgan fingerprint density at radius 1 is 1.40 bits per heavy atom. The highest BCUT2D eigenvalue weighted by Crippen LogP contribution is 2.34. The van der Waals surface area contributed by atoms with Gasteiger partial charge in [0.2, 0.25) is 6.79 Å². The number of benzene rings is 1. The molecule has 0 aliphatic carbocycles. The van der Waals surface area contributed by atoms with Gasteiger partial charge >= 0.3 is 0 Å². The van der Waals surface area contributed by atoms with Crippen LogP contribution >= 0.6 is 0 Å². The summed E-state index contributed by atoms with van der Waals surface area (Å²) in [5, 5.41) is 0. The average molecular weight is 206 g/mol. The molecule has 2 rings (SSSR count). The van der Waals surface area contributed by atoms with Crippen LogP contribution in [-0.4, -0.2) is 13.9 Å². The summed E-state index contributed by atoms with van der Waals surface area (Å²) in [4.78, 5) is 0. The Bertz CT molecular complexity index is 382. The minimum atomic E-state index is 0.304. The molecule has 0 unspecified atom stereocenters. The molecule has 1 heterocycles. The van der Waals surface area contributed by atoms with Crippen LogP contribution in [0.5, 0.6) is 11.5 Å². The number of methoxy groups -OCH3 is 1. The highest BCUT2D eigenvalue weighted by atomic mass is 16.7. The fraction of sp³-hybridized carbons (Fsp3) is 0.333. The summed E-state index contributed by atoms with van der Waals surface area (Å²) < 4.78 is 15.9. The minimum absolute atomic E-state index is 0.304. The van der Waals surface area contributed by atoms with E-state index in [9.17, 15) is 0 Å². The molecule has 0 radical (unpaired) electrons. The molecule has 0 aromatic heterocycles. The summed E-state index contributed by atoms with van der Waals surface area (Å²) in [5.74, 6) is 2.45. The van der Waals surface area contributed by atoms with E-state index in [0.29, 0.717) is 6.79 Å². The van der Waals surface area contributed by atoms with E-state index in [4.69, 9.17) is 14.2 Å². The zero-order valence-corrected chi connectivity index (χ0v) is 8.95. The SMILES string of the molecule is CC/C=C(/OC)c1ccc2c(c1)OCO2. The molecule has 0 N–H and O–H groups in total. The smallest absolute Gasteiger partial charge is 0.231 e. The molecule has 15 heavy (non-hydrogen) atoms. The van der Waals surface area contributed by atoms with Crippen LogP contribution < -0.4 is 9.47 Å². The van der Waals surface area contributed by atoms with E-state index < -0.39 is 0 Å². The maximum atomic E-state index is 5.31. The monoisotopic (exact) mass is 206 g/mol. The fourth-order valence-corrected chi connectivity index (χ4v) is 1.55. The van der Waals surface area contributed by atoms with Gasteiger partial charge in [-0.3, -0.25) is 0 Å². The van der Waals surface area contributed by atoms with Crippen LogP contribution in [-0.2, 0) is 4.74 Å². The van der Waals surface area contributed by atoms with Gasteiger partial charge in [-0.2, -0.15) is 0 Å². The van der Waals surface area contributed by atoms with Crippen LogP contribution in [0, 0.1) is 0 Å². The molecule has 3 nitrogen and oxygen atoms in total. The maximum Gasteiger partial charge on any atom is 0.231 e. The molecule has 0 spiro atoms. The molecular formula is C12H14O3. The number of hydrogen-bond acceptors (Lipinski definition) is 3. The highest BCUT2D eigenvalue weighted by molar-refractivity contribution is 5.63.